The molecule has 1 N–H and O–H groups in total. The molecule has 3 aromatic rings. The van der Waals surface area contributed by atoms with E-state index in [1.165, 1.54) is 25.6 Å². The standard InChI is InChI=1S/C19H19N3O6S/c1-25-13-6-5-12(10-14(13)26-2)20-16(23)11-27-18(24)8-7-17-21-19(22-28-17)15-4-3-9-29-15/h3-6,9-10H,7-8,11H2,1-2H3,(H,20,23). The SMILES string of the molecule is COc1ccc(NC(=O)COC(=O)CCc2nc(-c3cccs3)no2)cc1OC. The van der Waals surface area contributed by atoms with Gasteiger partial charge in [0.2, 0.25) is 11.7 Å². The lowest BCUT2D eigenvalue weighted by atomic mass is 10.2. The summed E-state index contributed by atoms with van der Waals surface area (Å²) in [6.45, 7) is -0.405. The van der Waals surface area contributed by atoms with Crippen LogP contribution in [0.5, 0.6) is 11.5 Å². The molecule has 0 aliphatic heterocycles. The van der Waals surface area contributed by atoms with Crippen molar-refractivity contribution in [3.63, 3.8) is 0 Å². The van der Waals surface area contributed by atoms with Crippen LogP contribution >= 0.6 is 11.3 Å². The minimum atomic E-state index is -0.539. The maximum Gasteiger partial charge on any atom is 0.306 e. The molecular formula is C19H19N3O6S. The Hall–Kier alpha value is -3.40. The average molecular weight is 417 g/mol. The van der Waals surface area contributed by atoms with Gasteiger partial charge in [-0.1, -0.05) is 11.2 Å². The lowest BCUT2D eigenvalue weighted by Crippen LogP contribution is -2.21. The summed E-state index contributed by atoms with van der Waals surface area (Å²) in [5, 5.41) is 8.41. The van der Waals surface area contributed by atoms with Crippen LogP contribution in [0.4, 0.5) is 5.69 Å². The summed E-state index contributed by atoms with van der Waals surface area (Å²) in [5.74, 6) is 0.827. The molecular weight excluding hydrogens is 398 g/mol. The van der Waals surface area contributed by atoms with Crippen molar-refractivity contribution in [2.75, 3.05) is 26.1 Å². The predicted molar refractivity (Wildman–Crippen MR) is 105 cm³/mol. The second-order valence-corrected chi connectivity index (χ2v) is 6.72. The number of hydrogen-bond donors (Lipinski definition) is 1. The largest absolute Gasteiger partial charge is 0.493 e. The van der Waals surface area contributed by atoms with Crippen LogP contribution in [0.3, 0.4) is 0 Å². The van der Waals surface area contributed by atoms with Crippen molar-refractivity contribution >= 4 is 28.9 Å². The molecule has 0 saturated carbocycles. The van der Waals surface area contributed by atoms with Gasteiger partial charge in [-0.2, -0.15) is 4.98 Å². The Kier molecular flexibility index (Phi) is 6.80. The number of anilines is 1. The third-order valence-corrected chi connectivity index (χ3v) is 4.65. The normalized spacial score (nSPS) is 10.4. The zero-order valence-corrected chi connectivity index (χ0v) is 16.7. The topological polar surface area (TPSA) is 113 Å². The molecule has 0 aliphatic rings. The molecule has 3 rings (SSSR count). The first-order valence-corrected chi connectivity index (χ1v) is 9.51. The van der Waals surface area contributed by atoms with E-state index in [0.29, 0.717) is 28.9 Å². The van der Waals surface area contributed by atoms with Crippen molar-refractivity contribution in [2.45, 2.75) is 12.8 Å². The Bertz CT molecular complexity index is 970. The number of aromatic nitrogens is 2. The van der Waals surface area contributed by atoms with Crippen LogP contribution < -0.4 is 14.8 Å². The third kappa shape index (κ3) is 5.55. The maximum absolute atomic E-state index is 12.0. The summed E-state index contributed by atoms with van der Waals surface area (Å²) in [6.07, 6.45) is 0.254. The van der Waals surface area contributed by atoms with E-state index in [1.54, 1.807) is 18.2 Å². The second kappa shape index (κ2) is 9.69. The Morgan fingerprint density at radius 2 is 2.00 bits per heavy atom. The van der Waals surface area contributed by atoms with Gasteiger partial charge < -0.3 is 24.1 Å². The number of amides is 1. The fourth-order valence-electron chi connectivity index (χ4n) is 2.40. The van der Waals surface area contributed by atoms with Crippen LogP contribution in [0.2, 0.25) is 0 Å². The summed E-state index contributed by atoms with van der Waals surface area (Å²) in [7, 11) is 3.02. The van der Waals surface area contributed by atoms with Crippen molar-refractivity contribution < 1.29 is 28.3 Å². The molecule has 0 fully saturated rings. The van der Waals surface area contributed by atoms with E-state index in [-0.39, 0.29) is 12.8 Å². The number of aryl methyl sites for hydroxylation is 1. The van der Waals surface area contributed by atoms with Gasteiger partial charge in [0.05, 0.1) is 25.5 Å². The molecule has 10 heteroatoms. The monoisotopic (exact) mass is 417 g/mol. The van der Waals surface area contributed by atoms with Gasteiger partial charge in [-0.25, -0.2) is 0 Å². The summed E-state index contributed by atoms with van der Waals surface area (Å²) in [5.41, 5.74) is 0.496. The Morgan fingerprint density at radius 3 is 2.72 bits per heavy atom. The van der Waals surface area contributed by atoms with Crippen LogP contribution in [-0.2, 0) is 20.7 Å². The second-order valence-electron chi connectivity index (χ2n) is 5.77. The number of thiophene rings is 1. The van der Waals surface area contributed by atoms with Crippen LogP contribution in [0.25, 0.3) is 10.7 Å². The minimum Gasteiger partial charge on any atom is -0.493 e. The van der Waals surface area contributed by atoms with E-state index in [9.17, 15) is 9.59 Å². The molecule has 152 valence electrons. The zero-order chi connectivity index (χ0) is 20.6. The van der Waals surface area contributed by atoms with Gasteiger partial charge in [0.1, 0.15) is 0 Å². The molecule has 0 aliphatic carbocycles. The van der Waals surface area contributed by atoms with Crippen molar-refractivity contribution in [2.24, 2.45) is 0 Å². The Morgan fingerprint density at radius 1 is 1.17 bits per heavy atom. The molecule has 29 heavy (non-hydrogen) atoms. The molecule has 1 amide bonds. The van der Waals surface area contributed by atoms with Gasteiger partial charge in [-0.05, 0) is 23.6 Å². The van der Waals surface area contributed by atoms with Crippen molar-refractivity contribution in [1.82, 2.24) is 10.1 Å². The van der Waals surface area contributed by atoms with Gasteiger partial charge in [-0.15, -0.1) is 11.3 Å². The van der Waals surface area contributed by atoms with E-state index >= 15 is 0 Å². The molecule has 0 saturated heterocycles. The van der Waals surface area contributed by atoms with Crippen LogP contribution in [-0.4, -0.2) is 42.8 Å². The first-order valence-electron chi connectivity index (χ1n) is 8.63. The quantitative estimate of drug-likeness (QED) is 0.529. The van der Waals surface area contributed by atoms with Crippen molar-refractivity contribution in [3.8, 4) is 22.2 Å². The molecule has 2 aromatic heterocycles. The summed E-state index contributed by atoms with van der Waals surface area (Å²) >= 11 is 1.49. The van der Waals surface area contributed by atoms with Crippen molar-refractivity contribution in [1.29, 1.82) is 0 Å². The van der Waals surface area contributed by atoms with Gasteiger partial charge in [0.15, 0.2) is 18.1 Å². The van der Waals surface area contributed by atoms with Crippen molar-refractivity contribution in [3.05, 3.63) is 41.6 Å². The maximum atomic E-state index is 12.0. The van der Waals surface area contributed by atoms with E-state index in [0.717, 1.165) is 4.88 Å². The number of hydrogen-bond acceptors (Lipinski definition) is 9. The highest BCUT2D eigenvalue weighted by atomic mass is 32.1. The van der Waals surface area contributed by atoms with Crippen LogP contribution in [0.15, 0.2) is 40.2 Å². The van der Waals surface area contributed by atoms with E-state index in [2.05, 4.69) is 15.5 Å². The molecule has 0 bridgehead atoms. The number of ether oxygens (including phenoxy) is 3. The van der Waals surface area contributed by atoms with Crippen LogP contribution in [0.1, 0.15) is 12.3 Å². The fourth-order valence-corrected chi connectivity index (χ4v) is 3.05. The highest BCUT2D eigenvalue weighted by Gasteiger charge is 2.13. The van der Waals surface area contributed by atoms with Gasteiger partial charge in [0, 0.05) is 18.2 Å². The molecule has 0 radical (unpaired) electrons. The van der Waals surface area contributed by atoms with Crippen LogP contribution in [0, 0.1) is 0 Å². The lowest BCUT2D eigenvalue weighted by molar-refractivity contribution is -0.147. The average Bonchev–Trinajstić information content (AvgIpc) is 3.42. The highest BCUT2D eigenvalue weighted by molar-refractivity contribution is 7.13. The molecule has 0 spiro atoms. The number of nitrogens with one attached hydrogen (secondary N) is 1. The predicted octanol–water partition coefficient (Wildman–Crippen LogP) is 2.93. The van der Waals surface area contributed by atoms with E-state index in [4.69, 9.17) is 18.7 Å². The third-order valence-electron chi connectivity index (χ3n) is 3.78. The van der Waals surface area contributed by atoms with Gasteiger partial charge in [-0.3, -0.25) is 9.59 Å². The first-order chi connectivity index (χ1) is 14.1. The number of nitrogens with zero attached hydrogens (tertiary/aromatic N) is 2. The number of carbonyl (C=O) groups excluding carboxylic acids is 2. The number of esters is 1. The molecule has 1 aromatic carbocycles. The molecule has 2 heterocycles. The molecule has 0 atom stereocenters. The first kappa shape index (κ1) is 20.3. The smallest absolute Gasteiger partial charge is 0.306 e. The fraction of sp³-hybridized carbons (Fsp3) is 0.263. The summed E-state index contributed by atoms with van der Waals surface area (Å²) < 4.78 is 20.4. The Labute approximate surface area is 170 Å². The van der Waals surface area contributed by atoms with E-state index in [1.807, 2.05) is 17.5 Å². The van der Waals surface area contributed by atoms with Gasteiger partial charge in [0.25, 0.3) is 5.91 Å². The number of methoxy groups -OCH3 is 2. The number of carbonyl (C=O) groups is 2. The Balaban J connectivity index is 1.43. The molecule has 0 unspecified atom stereocenters. The summed E-state index contributed by atoms with van der Waals surface area (Å²) in [4.78, 5) is 29.0. The van der Waals surface area contributed by atoms with Gasteiger partial charge >= 0.3 is 5.97 Å². The highest BCUT2D eigenvalue weighted by Crippen LogP contribution is 2.29. The minimum absolute atomic E-state index is 0.0235. The lowest BCUT2D eigenvalue weighted by Gasteiger charge is -2.10. The summed E-state index contributed by atoms with van der Waals surface area (Å²) in [6, 6.07) is 8.70. The van der Waals surface area contributed by atoms with E-state index < -0.39 is 18.5 Å². The molecule has 9 nitrogen and oxygen atoms in total. The number of benzene rings is 1. The number of rotatable bonds is 9. The zero-order valence-electron chi connectivity index (χ0n) is 15.8.